The van der Waals surface area contributed by atoms with Gasteiger partial charge in [-0.25, -0.2) is 8.42 Å². The van der Waals surface area contributed by atoms with E-state index in [0.29, 0.717) is 13.0 Å². The number of halogens is 2. The summed E-state index contributed by atoms with van der Waals surface area (Å²) in [7, 11) is -2.54. The van der Waals surface area contributed by atoms with Gasteiger partial charge in [0, 0.05) is 12.6 Å². The van der Waals surface area contributed by atoms with E-state index in [0.717, 1.165) is 0 Å². The number of hydrogen-bond acceptors (Lipinski definition) is 4. The second-order valence-corrected chi connectivity index (χ2v) is 6.67. The summed E-state index contributed by atoms with van der Waals surface area (Å²) in [6, 6.07) is 1.71. The van der Waals surface area contributed by atoms with Gasteiger partial charge < -0.3 is 10.1 Å². The molecular formula is C11H12Cl2N2O4S. The van der Waals surface area contributed by atoms with Crippen molar-refractivity contribution in [3.63, 3.8) is 0 Å². The van der Waals surface area contributed by atoms with Gasteiger partial charge in [0.25, 0.3) is 0 Å². The second-order valence-electron chi connectivity index (χ2n) is 4.17. The molecule has 2 rings (SSSR count). The van der Waals surface area contributed by atoms with Crippen LogP contribution in [0.2, 0.25) is 10.0 Å². The fourth-order valence-electron chi connectivity index (χ4n) is 1.83. The Morgan fingerprint density at radius 1 is 1.35 bits per heavy atom. The molecule has 1 aromatic carbocycles. The molecule has 0 spiro atoms. The van der Waals surface area contributed by atoms with Crippen molar-refractivity contribution in [2.24, 2.45) is 0 Å². The van der Waals surface area contributed by atoms with Crippen LogP contribution in [0, 0.1) is 0 Å². The standard InChI is InChI=1S/C11H12Cl2N2O4S/c1-19-9-4-7(13)10(5-6(9)12)20(17,18)15-8-2-3-14-11(8)16/h4-5,8,15H,2-3H2,1H3,(H,14,16). The third kappa shape index (κ3) is 3.01. The Morgan fingerprint density at radius 3 is 2.60 bits per heavy atom. The third-order valence-corrected chi connectivity index (χ3v) is 5.07. The van der Waals surface area contributed by atoms with Gasteiger partial charge in [0.05, 0.1) is 17.2 Å². The lowest BCUT2D eigenvalue weighted by Gasteiger charge is -2.13. The SMILES string of the molecule is COc1cc(Cl)c(S(=O)(=O)NC2CCNC2=O)cc1Cl. The minimum atomic E-state index is -3.94. The van der Waals surface area contributed by atoms with Crippen molar-refractivity contribution in [1.29, 1.82) is 0 Å². The van der Waals surface area contributed by atoms with E-state index in [1.165, 1.54) is 19.2 Å². The number of sulfonamides is 1. The van der Waals surface area contributed by atoms with Crippen LogP contribution in [0.25, 0.3) is 0 Å². The molecule has 1 atom stereocenters. The average molecular weight is 339 g/mol. The van der Waals surface area contributed by atoms with Crippen LogP contribution < -0.4 is 14.8 Å². The minimum absolute atomic E-state index is 0.0304. The van der Waals surface area contributed by atoms with Crippen LogP contribution in [0.5, 0.6) is 5.75 Å². The number of methoxy groups -OCH3 is 1. The number of benzene rings is 1. The first-order valence-electron chi connectivity index (χ1n) is 5.68. The zero-order chi connectivity index (χ0) is 14.9. The quantitative estimate of drug-likeness (QED) is 0.862. The molecule has 2 N–H and O–H groups in total. The highest BCUT2D eigenvalue weighted by Crippen LogP contribution is 2.33. The molecule has 9 heteroatoms. The number of ether oxygens (including phenoxy) is 1. The van der Waals surface area contributed by atoms with E-state index >= 15 is 0 Å². The third-order valence-electron chi connectivity index (χ3n) is 2.84. The Hall–Kier alpha value is -1.02. The van der Waals surface area contributed by atoms with Gasteiger partial charge in [-0.2, -0.15) is 4.72 Å². The Balaban J connectivity index is 2.34. The number of nitrogens with one attached hydrogen (secondary N) is 2. The first-order valence-corrected chi connectivity index (χ1v) is 7.92. The molecule has 0 aliphatic carbocycles. The molecule has 0 bridgehead atoms. The van der Waals surface area contributed by atoms with E-state index in [1.54, 1.807) is 0 Å². The molecule has 0 saturated carbocycles. The maximum atomic E-state index is 12.2. The molecule has 0 radical (unpaired) electrons. The molecule has 110 valence electrons. The lowest BCUT2D eigenvalue weighted by atomic mass is 10.3. The predicted octanol–water partition coefficient (Wildman–Crippen LogP) is 1.17. The van der Waals surface area contributed by atoms with Gasteiger partial charge in [0.15, 0.2) is 0 Å². The Labute approximate surface area is 126 Å². The van der Waals surface area contributed by atoms with Crippen molar-refractivity contribution in [3.05, 3.63) is 22.2 Å². The maximum Gasteiger partial charge on any atom is 0.242 e. The van der Waals surface area contributed by atoms with Crippen LogP contribution in [0.4, 0.5) is 0 Å². The van der Waals surface area contributed by atoms with Crippen LogP contribution in [-0.2, 0) is 14.8 Å². The largest absolute Gasteiger partial charge is 0.495 e. The highest BCUT2D eigenvalue weighted by molar-refractivity contribution is 7.89. The van der Waals surface area contributed by atoms with Crippen molar-refractivity contribution in [2.75, 3.05) is 13.7 Å². The Kier molecular flexibility index (Phi) is 4.43. The van der Waals surface area contributed by atoms with Gasteiger partial charge in [-0.3, -0.25) is 4.79 Å². The molecule has 1 aliphatic rings. The summed E-state index contributed by atoms with van der Waals surface area (Å²) in [6.45, 7) is 0.434. The summed E-state index contributed by atoms with van der Waals surface area (Å²) in [5.41, 5.74) is 0. The fourth-order valence-corrected chi connectivity index (χ4v) is 3.91. The molecule has 1 amide bonds. The monoisotopic (exact) mass is 338 g/mol. The highest BCUT2D eigenvalue weighted by Gasteiger charge is 2.30. The van der Waals surface area contributed by atoms with E-state index in [2.05, 4.69) is 10.0 Å². The summed E-state index contributed by atoms with van der Waals surface area (Å²) >= 11 is 11.8. The summed E-state index contributed by atoms with van der Waals surface area (Å²) in [6.07, 6.45) is 0.388. The van der Waals surface area contributed by atoms with Gasteiger partial charge in [0.2, 0.25) is 15.9 Å². The van der Waals surface area contributed by atoms with Crippen LogP contribution in [-0.4, -0.2) is 34.0 Å². The normalized spacial score (nSPS) is 18.9. The van der Waals surface area contributed by atoms with Crippen LogP contribution in [0.1, 0.15) is 6.42 Å². The molecular weight excluding hydrogens is 327 g/mol. The summed E-state index contributed by atoms with van der Waals surface area (Å²) in [4.78, 5) is 11.2. The van der Waals surface area contributed by atoms with Crippen molar-refractivity contribution in [3.8, 4) is 5.75 Å². The molecule has 0 aromatic heterocycles. The van der Waals surface area contributed by atoms with Crippen LogP contribution >= 0.6 is 23.2 Å². The van der Waals surface area contributed by atoms with Crippen molar-refractivity contribution in [2.45, 2.75) is 17.4 Å². The molecule has 1 fully saturated rings. The summed E-state index contributed by atoms with van der Waals surface area (Å²) in [5, 5.41) is 2.63. The summed E-state index contributed by atoms with van der Waals surface area (Å²) < 4.78 is 31.7. The van der Waals surface area contributed by atoms with Crippen LogP contribution in [0.15, 0.2) is 17.0 Å². The van der Waals surface area contributed by atoms with Crippen LogP contribution in [0.3, 0.4) is 0 Å². The minimum Gasteiger partial charge on any atom is -0.495 e. The number of carbonyl (C=O) groups is 1. The number of rotatable bonds is 4. The maximum absolute atomic E-state index is 12.2. The van der Waals surface area contributed by atoms with Crippen molar-refractivity contribution in [1.82, 2.24) is 10.0 Å². The van der Waals surface area contributed by atoms with E-state index < -0.39 is 16.1 Å². The predicted molar refractivity (Wildman–Crippen MR) is 74.8 cm³/mol. The Morgan fingerprint density at radius 2 is 2.05 bits per heavy atom. The first-order chi connectivity index (χ1) is 9.35. The van der Waals surface area contributed by atoms with E-state index in [4.69, 9.17) is 27.9 Å². The van der Waals surface area contributed by atoms with Gasteiger partial charge in [-0.15, -0.1) is 0 Å². The molecule has 1 heterocycles. The topological polar surface area (TPSA) is 84.5 Å². The Bertz CT molecular complexity index is 648. The number of amides is 1. The first kappa shape index (κ1) is 15.4. The molecule has 1 aromatic rings. The summed E-state index contributed by atoms with van der Waals surface area (Å²) in [5.74, 6) is -0.0847. The molecule has 1 unspecified atom stereocenters. The number of carbonyl (C=O) groups excluding carboxylic acids is 1. The zero-order valence-corrected chi connectivity index (χ0v) is 12.8. The van der Waals surface area contributed by atoms with Gasteiger partial charge in [0.1, 0.15) is 16.7 Å². The van der Waals surface area contributed by atoms with Gasteiger partial charge >= 0.3 is 0 Å². The molecule has 1 aliphatic heterocycles. The highest BCUT2D eigenvalue weighted by atomic mass is 35.5. The lowest BCUT2D eigenvalue weighted by molar-refractivity contribution is -0.120. The van der Waals surface area contributed by atoms with E-state index in [9.17, 15) is 13.2 Å². The van der Waals surface area contributed by atoms with E-state index in [1.807, 2.05) is 0 Å². The zero-order valence-electron chi connectivity index (χ0n) is 10.4. The smallest absolute Gasteiger partial charge is 0.242 e. The van der Waals surface area contributed by atoms with E-state index in [-0.39, 0.29) is 26.6 Å². The fraction of sp³-hybridized carbons (Fsp3) is 0.364. The average Bonchev–Trinajstić information content (AvgIpc) is 2.76. The van der Waals surface area contributed by atoms with Gasteiger partial charge in [-0.05, 0) is 12.5 Å². The van der Waals surface area contributed by atoms with Crippen molar-refractivity contribution < 1.29 is 17.9 Å². The second kappa shape index (κ2) is 5.77. The molecule has 6 nitrogen and oxygen atoms in total. The molecule has 1 saturated heterocycles. The lowest BCUT2D eigenvalue weighted by Crippen LogP contribution is -2.40. The van der Waals surface area contributed by atoms with Crippen molar-refractivity contribution >= 4 is 39.1 Å². The molecule has 20 heavy (non-hydrogen) atoms. The van der Waals surface area contributed by atoms with Gasteiger partial charge in [-0.1, -0.05) is 23.2 Å². The number of hydrogen-bond donors (Lipinski definition) is 2.